The van der Waals surface area contributed by atoms with Crippen LogP contribution in [0, 0.1) is 5.92 Å². The highest BCUT2D eigenvalue weighted by molar-refractivity contribution is 7.89. The summed E-state index contributed by atoms with van der Waals surface area (Å²) in [5, 5.41) is 0.399. The number of rotatable bonds is 3. The van der Waals surface area contributed by atoms with Gasteiger partial charge in [-0.15, -0.1) is 11.6 Å². The maximum absolute atomic E-state index is 12.6. The zero-order valence-corrected chi connectivity index (χ0v) is 13.3. The van der Waals surface area contributed by atoms with Crippen LogP contribution in [0.5, 0.6) is 0 Å². The second-order valence-electron chi connectivity index (χ2n) is 5.15. The molecule has 19 heavy (non-hydrogen) atoms. The first-order chi connectivity index (χ1) is 8.86. The minimum absolute atomic E-state index is 0.0338. The third kappa shape index (κ3) is 2.92. The Kier molecular flexibility index (Phi) is 4.45. The molecule has 0 N–H and O–H groups in total. The van der Waals surface area contributed by atoms with E-state index in [9.17, 15) is 8.42 Å². The molecule has 2 unspecified atom stereocenters. The first kappa shape index (κ1) is 15.1. The molecule has 0 aliphatic carbocycles. The van der Waals surface area contributed by atoms with Gasteiger partial charge < -0.3 is 0 Å². The van der Waals surface area contributed by atoms with Gasteiger partial charge in [0.15, 0.2) is 0 Å². The summed E-state index contributed by atoms with van der Waals surface area (Å²) >= 11 is 11.8. The summed E-state index contributed by atoms with van der Waals surface area (Å²) in [5.74, 6) is 0.665. The summed E-state index contributed by atoms with van der Waals surface area (Å²) < 4.78 is 26.7. The van der Waals surface area contributed by atoms with E-state index in [1.807, 2.05) is 6.92 Å². The van der Waals surface area contributed by atoms with Crippen molar-refractivity contribution in [1.29, 1.82) is 0 Å². The number of halogens is 2. The lowest BCUT2D eigenvalue weighted by Crippen LogP contribution is -2.34. The van der Waals surface area contributed by atoms with Gasteiger partial charge in [-0.05, 0) is 37.0 Å². The van der Waals surface area contributed by atoms with E-state index in [1.54, 1.807) is 16.4 Å². The number of hydrogen-bond donors (Lipinski definition) is 0. The number of alkyl halides is 1. The molecule has 0 bridgehead atoms. The highest BCUT2D eigenvalue weighted by atomic mass is 35.5. The first-order valence-electron chi connectivity index (χ1n) is 6.22. The van der Waals surface area contributed by atoms with Gasteiger partial charge in [0.1, 0.15) is 0 Å². The Morgan fingerprint density at radius 3 is 2.53 bits per heavy atom. The van der Waals surface area contributed by atoms with Crippen LogP contribution in [-0.4, -0.2) is 25.3 Å². The molecule has 0 aromatic heterocycles. The Morgan fingerprint density at radius 1 is 1.37 bits per heavy atom. The molecule has 1 aromatic carbocycles. The molecule has 106 valence electrons. The molecular weight excluding hydrogens is 305 g/mol. The largest absolute Gasteiger partial charge is 0.243 e. The minimum Gasteiger partial charge on any atom is -0.207 e. The average molecular weight is 322 g/mol. The van der Waals surface area contributed by atoms with E-state index in [4.69, 9.17) is 23.2 Å². The molecule has 2 rings (SSSR count). The van der Waals surface area contributed by atoms with E-state index >= 15 is 0 Å². The molecule has 1 fully saturated rings. The fraction of sp³-hybridized carbons (Fsp3) is 0.538. The monoisotopic (exact) mass is 321 g/mol. The minimum atomic E-state index is -3.46. The summed E-state index contributed by atoms with van der Waals surface area (Å²) in [6, 6.07) is 4.78. The van der Waals surface area contributed by atoms with Crippen LogP contribution in [0.4, 0.5) is 0 Å². The van der Waals surface area contributed by atoms with E-state index in [2.05, 4.69) is 6.92 Å². The van der Waals surface area contributed by atoms with Crippen LogP contribution in [0.3, 0.4) is 0 Å². The van der Waals surface area contributed by atoms with Crippen LogP contribution in [-0.2, 0) is 15.9 Å². The molecule has 1 aromatic rings. The fourth-order valence-electron chi connectivity index (χ4n) is 2.53. The Bertz CT molecular complexity index is 574. The molecule has 1 aliphatic heterocycles. The fourth-order valence-corrected chi connectivity index (χ4v) is 4.93. The highest BCUT2D eigenvalue weighted by Gasteiger charge is 2.36. The van der Waals surface area contributed by atoms with Gasteiger partial charge in [-0.25, -0.2) is 8.42 Å². The van der Waals surface area contributed by atoms with E-state index in [0.29, 0.717) is 17.5 Å². The molecular formula is C13H17Cl2NO2S. The van der Waals surface area contributed by atoms with E-state index in [-0.39, 0.29) is 16.8 Å². The molecule has 1 saturated heterocycles. The topological polar surface area (TPSA) is 37.4 Å². The van der Waals surface area contributed by atoms with Gasteiger partial charge >= 0.3 is 0 Å². The number of sulfonamides is 1. The smallest absolute Gasteiger partial charge is 0.207 e. The second kappa shape index (κ2) is 5.60. The summed E-state index contributed by atoms with van der Waals surface area (Å²) in [6.07, 6.45) is 0.896. The lowest BCUT2D eigenvalue weighted by atomic mass is 10.1. The van der Waals surface area contributed by atoms with Crippen LogP contribution in [0.2, 0.25) is 5.02 Å². The van der Waals surface area contributed by atoms with Crippen molar-refractivity contribution in [1.82, 2.24) is 4.31 Å². The van der Waals surface area contributed by atoms with Gasteiger partial charge in [0.2, 0.25) is 10.0 Å². The standard InChI is InChI=1S/C13H17Cl2NO2S/c1-9-5-10(2)16(8-9)19(17,18)12-4-3-11(7-14)13(15)6-12/h3-4,6,9-10H,5,7-8H2,1-2H3. The van der Waals surface area contributed by atoms with Gasteiger partial charge in [-0.2, -0.15) is 4.31 Å². The number of benzene rings is 1. The third-order valence-corrected chi connectivity index (χ3v) is 6.12. The zero-order valence-electron chi connectivity index (χ0n) is 10.9. The molecule has 0 spiro atoms. The van der Waals surface area contributed by atoms with Gasteiger partial charge in [-0.1, -0.05) is 24.6 Å². The summed E-state index contributed by atoms with van der Waals surface area (Å²) in [5.41, 5.74) is 0.741. The van der Waals surface area contributed by atoms with Crippen molar-refractivity contribution in [3.05, 3.63) is 28.8 Å². The highest BCUT2D eigenvalue weighted by Crippen LogP contribution is 2.31. The normalized spacial score (nSPS) is 24.8. The van der Waals surface area contributed by atoms with Gasteiger partial charge in [-0.3, -0.25) is 0 Å². The molecule has 0 radical (unpaired) electrons. The quantitative estimate of drug-likeness (QED) is 0.799. The first-order valence-corrected chi connectivity index (χ1v) is 8.57. The predicted molar refractivity (Wildman–Crippen MR) is 78.1 cm³/mol. The zero-order chi connectivity index (χ0) is 14.2. The third-order valence-electron chi connectivity index (χ3n) is 3.50. The van der Waals surface area contributed by atoms with Gasteiger partial charge in [0.05, 0.1) is 4.90 Å². The summed E-state index contributed by atoms with van der Waals surface area (Å²) in [4.78, 5) is 0.243. The maximum Gasteiger partial charge on any atom is 0.243 e. The maximum atomic E-state index is 12.6. The Morgan fingerprint density at radius 2 is 2.05 bits per heavy atom. The van der Waals surface area contributed by atoms with Gasteiger partial charge in [0, 0.05) is 23.5 Å². The van der Waals surface area contributed by atoms with Crippen molar-refractivity contribution in [3.63, 3.8) is 0 Å². The lowest BCUT2D eigenvalue weighted by molar-refractivity contribution is 0.405. The Balaban J connectivity index is 2.37. The number of hydrogen-bond acceptors (Lipinski definition) is 2. The Hall–Kier alpha value is -0.290. The SMILES string of the molecule is CC1CC(C)N(S(=O)(=O)c2ccc(CCl)c(Cl)c2)C1. The molecule has 3 nitrogen and oxygen atoms in total. The predicted octanol–water partition coefficient (Wildman–Crippen LogP) is 3.50. The molecule has 0 amide bonds. The molecule has 1 heterocycles. The van der Waals surface area contributed by atoms with Crippen molar-refractivity contribution < 1.29 is 8.42 Å². The van der Waals surface area contributed by atoms with Crippen molar-refractivity contribution in [2.75, 3.05) is 6.54 Å². The van der Waals surface area contributed by atoms with Crippen LogP contribution in [0.15, 0.2) is 23.1 Å². The van der Waals surface area contributed by atoms with Crippen LogP contribution < -0.4 is 0 Å². The molecule has 2 atom stereocenters. The van der Waals surface area contributed by atoms with E-state index < -0.39 is 10.0 Å². The number of nitrogens with zero attached hydrogens (tertiary/aromatic N) is 1. The van der Waals surface area contributed by atoms with E-state index in [0.717, 1.165) is 12.0 Å². The van der Waals surface area contributed by atoms with Crippen molar-refractivity contribution in [2.24, 2.45) is 5.92 Å². The van der Waals surface area contributed by atoms with Crippen molar-refractivity contribution >= 4 is 33.2 Å². The van der Waals surface area contributed by atoms with E-state index in [1.165, 1.54) is 6.07 Å². The molecule has 6 heteroatoms. The lowest BCUT2D eigenvalue weighted by Gasteiger charge is -2.21. The molecule has 1 aliphatic rings. The second-order valence-corrected chi connectivity index (χ2v) is 7.72. The Labute approximate surface area is 124 Å². The van der Waals surface area contributed by atoms with Crippen LogP contribution >= 0.6 is 23.2 Å². The van der Waals surface area contributed by atoms with Crippen molar-refractivity contribution in [2.45, 2.75) is 37.1 Å². The summed E-state index contributed by atoms with van der Waals surface area (Å²) in [6.45, 7) is 4.57. The van der Waals surface area contributed by atoms with Crippen LogP contribution in [0.1, 0.15) is 25.8 Å². The molecule has 0 saturated carbocycles. The summed E-state index contributed by atoms with van der Waals surface area (Å²) in [7, 11) is -3.46. The van der Waals surface area contributed by atoms with Crippen LogP contribution in [0.25, 0.3) is 0 Å². The average Bonchev–Trinajstić information content (AvgIpc) is 2.69. The van der Waals surface area contributed by atoms with Gasteiger partial charge in [0.25, 0.3) is 0 Å². The van der Waals surface area contributed by atoms with Crippen molar-refractivity contribution in [3.8, 4) is 0 Å².